The Balaban J connectivity index is 0.00000103. The highest BCUT2D eigenvalue weighted by Crippen LogP contribution is 2.16. The first-order valence-corrected chi connectivity index (χ1v) is 31.7. The maximum atomic E-state index is 12.5. The standard InChI is InChI=1S/C19H23NO4S.C13H19NO2.C12H17NO4S.C7H8O3S.C6H5ClO2S.2CH4/c1-15(2)13-18(19(21)24-14-16-9-5-3-6-10-16)20-25(22,23)17-11-7-4-8-12-17;1-10(2)8-12(14)13(15)16-9-11-6-4-3-5-7-11;1-9(2)8-11(12(14)15)13-18(16,17)10-6-4-3-5-7-10;1-6-2-4-7(5-3-6)11(8,9)10;7-10(8,9)6-4-2-1-3-5-6;;/h3-12,15,18,20H,13-14H2,1-2H3;3-7,10,12H,8-9,14H2,1-2H3;3-7,9,11,13H,8H2,1-2H3,(H,14,15);2-5H,1H3,(H,8,9,10);1-5H;2*1H4/t18-;12-;11-;;;;/m000..../s1. The maximum Gasteiger partial charge on any atom is 0.324 e. The summed E-state index contributed by atoms with van der Waals surface area (Å²) in [5.41, 5.74) is 8.49. The quantitative estimate of drug-likeness (QED) is 0.0254. The van der Waals surface area contributed by atoms with Crippen LogP contribution in [0.15, 0.2) is 196 Å². The van der Waals surface area contributed by atoms with Gasteiger partial charge >= 0.3 is 17.9 Å². The molecule has 3 atom stereocenters. The van der Waals surface area contributed by atoms with Crippen molar-refractivity contribution in [2.24, 2.45) is 23.5 Å². The van der Waals surface area contributed by atoms with Crippen molar-refractivity contribution in [3.05, 3.63) is 193 Å². The topological polar surface area (TPSA) is 297 Å². The molecule has 18 nitrogen and oxygen atoms in total. The van der Waals surface area contributed by atoms with Gasteiger partial charge in [-0.1, -0.05) is 189 Å². The second kappa shape index (κ2) is 37.7. The molecule has 0 aromatic heterocycles. The normalized spacial score (nSPS) is 12.2. The molecule has 0 saturated heterocycles. The van der Waals surface area contributed by atoms with Crippen LogP contribution in [-0.2, 0) is 76.3 Å². The molecule has 0 unspecified atom stereocenters. The number of hydrogen-bond acceptors (Lipinski definition) is 14. The highest BCUT2D eigenvalue weighted by atomic mass is 35.7. The van der Waals surface area contributed by atoms with Gasteiger partial charge in [0, 0.05) is 10.7 Å². The van der Waals surface area contributed by atoms with E-state index in [4.69, 9.17) is 35.5 Å². The molecule has 6 aromatic carbocycles. The number of halogens is 1. The van der Waals surface area contributed by atoms with Crippen molar-refractivity contribution in [1.82, 2.24) is 9.44 Å². The predicted molar refractivity (Wildman–Crippen MR) is 321 cm³/mol. The summed E-state index contributed by atoms with van der Waals surface area (Å²) < 4.78 is 115. The van der Waals surface area contributed by atoms with Gasteiger partial charge in [-0.05, 0) is 104 Å². The molecule has 6 N–H and O–H groups in total. The molecule has 0 spiro atoms. The van der Waals surface area contributed by atoms with E-state index >= 15 is 0 Å². The number of rotatable bonds is 21. The second-order valence-electron chi connectivity index (χ2n) is 19.0. The Kier molecular flexibility index (Phi) is 34.8. The van der Waals surface area contributed by atoms with E-state index in [-0.39, 0.29) is 65.3 Å². The van der Waals surface area contributed by atoms with E-state index in [1.807, 2.05) is 109 Å². The number of ether oxygens (including phenoxy) is 2. The molecular formula is C59H80ClN3O15S4. The van der Waals surface area contributed by atoms with Gasteiger partial charge in [0.05, 0.1) is 19.6 Å². The molecule has 0 radical (unpaired) electrons. The van der Waals surface area contributed by atoms with Crippen LogP contribution in [0.25, 0.3) is 0 Å². The van der Waals surface area contributed by atoms with E-state index in [0.29, 0.717) is 25.4 Å². The van der Waals surface area contributed by atoms with Crippen molar-refractivity contribution in [3.63, 3.8) is 0 Å². The Morgan fingerprint density at radius 2 is 0.793 bits per heavy atom. The first-order chi connectivity index (χ1) is 37.4. The molecule has 6 aromatic rings. The molecule has 0 saturated carbocycles. The summed E-state index contributed by atoms with van der Waals surface area (Å²) in [6.45, 7) is 13.8. The second-order valence-corrected chi connectivity index (χ2v) is 26.4. The third-order valence-electron chi connectivity index (χ3n) is 10.5. The SMILES string of the molecule is C.C.CC(C)C[C@H](N)C(=O)OCc1ccccc1.CC(C)C[C@H](NS(=O)(=O)c1ccccc1)C(=O)O.CC(C)C[C@H](NS(=O)(=O)c1ccccc1)C(=O)OCc1ccccc1.Cc1ccc(S(=O)(=O)O)cc1.O=S(=O)(Cl)c1ccccc1. The first-order valence-electron chi connectivity index (χ1n) is 25.0. The van der Waals surface area contributed by atoms with Crippen LogP contribution in [0.5, 0.6) is 0 Å². The zero-order chi connectivity index (χ0) is 60.1. The van der Waals surface area contributed by atoms with Crippen LogP contribution in [0.2, 0.25) is 0 Å². The van der Waals surface area contributed by atoms with Crippen LogP contribution >= 0.6 is 10.7 Å². The molecule has 82 heavy (non-hydrogen) atoms. The van der Waals surface area contributed by atoms with E-state index in [0.717, 1.165) is 16.7 Å². The van der Waals surface area contributed by atoms with Crippen molar-refractivity contribution in [1.29, 1.82) is 0 Å². The van der Waals surface area contributed by atoms with Crippen LogP contribution < -0.4 is 15.2 Å². The average molecular weight is 1240 g/mol. The largest absolute Gasteiger partial charge is 0.480 e. The summed E-state index contributed by atoms with van der Waals surface area (Å²) in [6.07, 6.45) is 1.27. The summed E-state index contributed by atoms with van der Waals surface area (Å²) in [7, 11) is -10.1. The maximum absolute atomic E-state index is 12.5. The Morgan fingerprint density at radius 3 is 1.11 bits per heavy atom. The van der Waals surface area contributed by atoms with E-state index in [1.54, 1.807) is 66.7 Å². The van der Waals surface area contributed by atoms with E-state index in [9.17, 15) is 48.1 Å². The molecule has 0 aliphatic carbocycles. The predicted octanol–water partition coefficient (Wildman–Crippen LogP) is 10.8. The molecule has 23 heteroatoms. The van der Waals surface area contributed by atoms with Crippen LogP contribution in [0.3, 0.4) is 0 Å². The molecular weight excluding hydrogens is 1150 g/mol. The fraction of sp³-hybridized carbons (Fsp3) is 0.339. The van der Waals surface area contributed by atoms with Gasteiger partial charge in [0.2, 0.25) is 20.0 Å². The lowest BCUT2D eigenvalue weighted by Gasteiger charge is -2.19. The van der Waals surface area contributed by atoms with Gasteiger partial charge in [-0.25, -0.2) is 25.3 Å². The van der Waals surface area contributed by atoms with Gasteiger partial charge in [0.25, 0.3) is 19.2 Å². The van der Waals surface area contributed by atoms with E-state index < -0.39 is 69.3 Å². The number of carbonyl (C=O) groups is 3. The van der Waals surface area contributed by atoms with Gasteiger partial charge in [0.1, 0.15) is 31.3 Å². The number of aliphatic carboxylic acids is 1. The number of carbonyl (C=O) groups excluding carboxylic acids is 2. The van der Waals surface area contributed by atoms with Gasteiger partial charge in [-0.3, -0.25) is 18.9 Å². The zero-order valence-electron chi connectivity index (χ0n) is 45.5. The fourth-order valence-electron chi connectivity index (χ4n) is 6.61. The monoisotopic (exact) mass is 1230 g/mol. The van der Waals surface area contributed by atoms with Gasteiger partial charge in [-0.2, -0.15) is 17.9 Å². The summed E-state index contributed by atoms with van der Waals surface area (Å²) >= 11 is 0. The minimum atomic E-state index is -4.02. The third kappa shape index (κ3) is 31.2. The van der Waals surface area contributed by atoms with Gasteiger partial charge in [0.15, 0.2) is 0 Å². The Morgan fingerprint density at radius 1 is 0.476 bits per heavy atom. The van der Waals surface area contributed by atoms with Crippen LogP contribution in [0, 0.1) is 24.7 Å². The Bertz CT molecular complexity index is 3240. The number of carboxylic acid groups (broad SMARTS) is 1. The molecule has 0 amide bonds. The Hall–Kier alpha value is -6.34. The summed E-state index contributed by atoms with van der Waals surface area (Å²) in [6, 6.07) is 45.9. The number of esters is 2. The smallest absolute Gasteiger partial charge is 0.324 e. The number of aryl methyl sites for hydroxylation is 1. The molecule has 0 aliphatic rings. The van der Waals surface area contributed by atoms with Crippen molar-refractivity contribution in [3.8, 4) is 0 Å². The average Bonchev–Trinajstić information content (AvgIpc) is 3.42. The molecule has 452 valence electrons. The number of hydrogen-bond donors (Lipinski definition) is 5. The molecule has 0 aliphatic heterocycles. The minimum absolute atomic E-state index is 0. The molecule has 0 heterocycles. The molecule has 0 fully saturated rings. The minimum Gasteiger partial charge on any atom is -0.480 e. The lowest BCUT2D eigenvalue weighted by Crippen LogP contribution is -2.42. The fourth-order valence-corrected chi connectivity index (χ4v) is 10.3. The molecule has 0 bridgehead atoms. The van der Waals surface area contributed by atoms with Crippen molar-refractivity contribution < 1.29 is 67.2 Å². The van der Waals surface area contributed by atoms with Crippen molar-refractivity contribution >= 4 is 67.8 Å². The van der Waals surface area contributed by atoms with Crippen molar-refractivity contribution in [2.45, 2.75) is 134 Å². The van der Waals surface area contributed by atoms with Crippen LogP contribution in [-0.4, -0.2) is 79.4 Å². The first kappa shape index (κ1) is 75.7. The highest BCUT2D eigenvalue weighted by molar-refractivity contribution is 8.13. The molecule has 6 rings (SSSR count). The van der Waals surface area contributed by atoms with E-state index in [1.165, 1.54) is 48.5 Å². The van der Waals surface area contributed by atoms with E-state index in [2.05, 4.69) is 9.44 Å². The van der Waals surface area contributed by atoms with Crippen LogP contribution in [0.1, 0.15) is 92.3 Å². The van der Waals surface area contributed by atoms with Crippen LogP contribution in [0.4, 0.5) is 0 Å². The number of nitrogens with one attached hydrogen (secondary N) is 2. The number of nitrogens with two attached hydrogens (primary N) is 1. The lowest BCUT2D eigenvalue weighted by atomic mass is 10.1. The third-order valence-corrected chi connectivity index (χ3v) is 15.7. The highest BCUT2D eigenvalue weighted by Gasteiger charge is 2.28. The summed E-state index contributed by atoms with van der Waals surface area (Å²) in [4.78, 5) is 35.2. The van der Waals surface area contributed by atoms with Crippen molar-refractivity contribution in [2.75, 3.05) is 0 Å². The summed E-state index contributed by atoms with van der Waals surface area (Å²) in [5, 5.41) is 9.01. The number of carboxylic acids is 1. The lowest BCUT2D eigenvalue weighted by molar-refractivity contribution is -0.148. The van der Waals surface area contributed by atoms with Gasteiger partial charge < -0.3 is 20.3 Å². The van der Waals surface area contributed by atoms with Gasteiger partial charge in [-0.15, -0.1) is 0 Å². The Labute approximate surface area is 491 Å². The zero-order valence-corrected chi connectivity index (χ0v) is 49.6. The number of benzene rings is 6. The number of sulfonamides is 2. The summed E-state index contributed by atoms with van der Waals surface area (Å²) in [5.74, 6) is -1.44.